The second kappa shape index (κ2) is 11.3. The average molecular weight is 520 g/mol. The summed E-state index contributed by atoms with van der Waals surface area (Å²) in [5.41, 5.74) is 5.98. The molecule has 0 aliphatic carbocycles. The van der Waals surface area contributed by atoms with Crippen LogP contribution in [0.15, 0.2) is 41.9 Å². The molecule has 3 N–H and O–H groups in total. The lowest BCUT2D eigenvalue weighted by atomic mass is 9.97. The summed E-state index contributed by atoms with van der Waals surface area (Å²) in [6.45, 7) is 4.90. The van der Waals surface area contributed by atoms with Crippen molar-refractivity contribution in [1.29, 1.82) is 5.41 Å². The number of aryl methyl sites for hydroxylation is 1. The summed E-state index contributed by atoms with van der Waals surface area (Å²) in [6, 6.07) is 5.93. The van der Waals surface area contributed by atoms with Crippen LogP contribution in [0.4, 0.5) is 5.69 Å². The first-order valence-corrected chi connectivity index (χ1v) is 13.3. The monoisotopic (exact) mass is 519 g/mol. The summed E-state index contributed by atoms with van der Waals surface area (Å²) in [6.07, 6.45) is 7.91. The lowest BCUT2D eigenvalue weighted by Gasteiger charge is -2.38. The molecule has 2 aromatic heterocycles. The van der Waals surface area contributed by atoms with Gasteiger partial charge in [0.25, 0.3) is 5.91 Å². The molecule has 0 aromatic carbocycles. The zero-order valence-electron chi connectivity index (χ0n) is 22.0. The van der Waals surface area contributed by atoms with E-state index in [1.807, 2.05) is 22.1 Å². The Morgan fingerprint density at radius 2 is 1.95 bits per heavy atom. The van der Waals surface area contributed by atoms with Gasteiger partial charge in [0, 0.05) is 77.2 Å². The van der Waals surface area contributed by atoms with Crippen LogP contribution < -0.4 is 15.5 Å². The zero-order chi connectivity index (χ0) is 26.6. The number of ether oxygens (including phenoxy) is 1. The zero-order valence-corrected chi connectivity index (χ0v) is 22.0. The molecule has 0 radical (unpaired) electrons. The van der Waals surface area contributed by atoms with Crippen LogP contribution in [0.25, 0.3) is 11.3 Å². The predicted octanol–water partition coefficient (Wildman–Crippen LogP) is 2.75. The number of amidine groups is 1. The van der Waals surface area contributed by atoms with E-state index in [2.05, 4.69) is 21.7 Å². The van der Waals surface area contributed by atoms with E-state index >= 15 is 0 Å². The van der Waals surface area contributed by atoms with Gasteiger partial charge in [-0.3, -0.25) is 25.0 Å². The lowest BCUT2D eigenvalue weighted by Crippen LogP contribution is -2.46. The molecule has 3 aliphatic rings. The van der Waals surface area contributed by atoms with Gasteiger partial charge in [0.05, 0.1) is 24.1 Å². The molecular weight excluding hydrogens is 482 g/mol. The molecule has 0 saturated carbocycles. The maximum absolute atomic E-state index is 12.2. The fraction of sp³-hybridized carbons (Fsp3) is 0.464. The molecule has 2 aromatic rings. The van der Waals surface area contributed by atoms with Crippen molar-refractivity contribution in [3.8, 4) is 11.3 Å². The number of hydrogen-bond acceptors (Lipinski definition) is 7. The number of pyridine rings is 2. The van der Waals surface area contributed by atoms with Crippen molar-refractivity contribution < 1.29 is 15.8 Å². The highest BCUT2D eigenvalue weighted by atomic mass is 16.5. The van der Waals surface area contributed by atoms with E-state index < -0.39 is 0 Å². The fourth-order valence-electron chi connectivity index (χ4n) is 5.34. The molecule has 38 heavy (non-hydrogen) atoms. The van der Waals surface area contributed by atoms with Crippen molar-refractivity contribution >= 4 is 23.3 Å². The number of carbonyl (C=O) groups is 2. The second-order valence-electron chi connectivity index (χ2n) is 9.99. The molecule has 5 rings (SSSR count). The molecule has 0 spiro atoms. The third-order valence-corrected chi connectivity index (χ3v) is 7.55. The summed E-state index contributed by atoms with van der Waals surface area (Å²) in [5, 5.41) is 15.6. The Balaban J connectivity index is 0.00000353. The summed E-state index contributed by atoms with van der Waals surface area (Å²) in [4.78, 5) is 36.9. The van der Waals surface area contributed by atoms with Gasteiger partial charge in [-0.05, 0) is 49.4 Å². The standard InChI is InChI=1S/C28H35N7O3.H2/c1-18(36)34-11-7-23(33-21-8-12-38-13-9-21)22(17-34)27(29)35-10-3-4-19-14-25(32-16-26(19)35)20-5-6-24(31-15-20)28(37)30-2;/h5-6,14-16,21,29,33H,3-4,7-13,17H2,1-2H3,(H,30,37);1H. The fourth-order valence-corrected chi connectivity index (χ4v) is 5.34. The van der Waals surface area contributed by atoms with Gasteiger partial charge in [0.15, 0.2) is 0 Å². The molecular formula is C28H37N7O3. The van der Waals surface area contributed by atoms with Gasteiger partial charge in [-0.1, -0.05) is 0 Å². The highest BCUT2D eigenvalue weighted by molar-refractivity contribution is 6.09. The minimum Gasteiger partial charge on any atom is -0.385 e. The minimum absolute atomic E-state index is 0. The van der Waals surface area contributed by atoms with Crippen molar-refractivity contribution in [2.24, 2.45) is 0 Å². The van der Waals surface area contributed by atoms with Crippen LogP contribution in [0.1, 0.15) is 50.1 Å². The van der Waals surface area contributed by atoms with E-state index in [9.17, 15) is 15.0 Å². The second-order valence-corrected chi connectivity index (χ2v) is 9.99. The van der Waals surface area contributed by atoms with Crippen molar-refractivity contribution in [2.45, 2.75) is 45.1 Å². The predicted molar refractivity (Wildman–Crippen MR) is 147 cm³/mol. The number of nitrogens with zero attached hydrogens (tertiary/aromatic N) is 4. The highest BCUT2D eigenvalue weighted by Crippen LogP contribution is 2.32. The van der Waals surface area contributed by atoms with Crippen LogP contribution in [0.2, 0.25) is 0 Å². The molecule has 10 nitrogen and oxygen atoms in total. The number of anilines is 1. The topological polar surface area (TPSA) is 124 Å². The molecule has 1 fully saturated rings. The Kier molecular flexibility index (Phi) is 7.69. The normalized spacial score (nSPS) is 18.2. The molecule has 0 bridgehead atoms. The molecule has 202 valence electrons. The van der Waals surface area contributed by atoms with Crippen LogP contribution in [0.3, 0.4) is 0 Å². The summed E-state index contributed by atoms with van der Waals surface area (Å²) in [7, 11) is 1.58. The van der Waals surface area contributed by atoms with Gasteiger partial charge in [-0.15, -0.1) is 0 Å². The lowest BCUT2D eigenvalue weighted by molar-refractivity contribution is -0.128. The Morgan fingerprint density at radius 3 is 2.66 bits per heavy atom. The summed E-state index contributed by atoms with van der Waals surface area (Å²) in [5.74, 6) is 0.231. The Morgan fingerprint density at radius 1 is 1.13 bits per heavy atom. The molecule has 0 unspecified atom stereocenters. The number of nitrogens with one attached hydrogen (secondary N) is 3. The van der Waals surface area contributed by atoms with Crippen molar-refractivity contribution in [3.05, 3.63) is 53.1 Å². The van der Waals surface area contributed by atoms with Crippen molar-refractivity contribution in [1.82, 2.24) is 25.5 Å². The first kappa shape index (κ1) is 25.8. The maximum Gasteiger partial charge on any atom is 0.269 e. The molecule has 1 saturated heterocycles. The van der Waals surface area contributed by atoms with Gasteiger partial charge < -0.3 is 25.2 Å². The number of rotatable bonds is 5. The van der Waals surface area contributed by atoms with Crippen LogP contribution in [0.5, 0.6) is 0 Å². The van der Waals surface area contributed by atoms with Crippen LogP contribution in [-0.2, 0) is 16.0 Å². The Bertz CT molecular complexity index is 1260. The van der Waals surface area contributed by atoms with Gasteiger partial charge in [0.1, 0.15) is 11.5 Å². The largest absolute Gasteiger partial charge is 0.385 e. The first-order valence-electron chi connectivity index (χ1n) is 13.3. The summed E-state index contributed by atoms with van der Waals surface area (Å²) < 4.78 is 5.52. The van der Waals surface area contributed by atoms with E-state index in [1.54, 1.807) is 26.2 Å². The molecule has 2 amide bonds. The number of aromatic nitrogens is 2. The van der Waals surface area contributed by atoms with Crippen molar-refractivity contribution in [2.75, 3.05) is 44.8 Å². The number of hydrogen-bond donors (Lipinski definition) is 3. The van der Waals surface area contributed by atoms with Gasteiger partial charge in [-0.25, -0.2) is 0 Å². The average Bonchev–Trinajstić information content (AvgIpc) is 2.96. The van der Waals surface area contributed by atoms with Gasteiger partial charge in [0.2, 0.25) is 5.91 Å². The third-order valence-electron chi connectivity index (χ3n) is 7.55. The van der Waals surface area contributed by atoms with Crippen molar-refractivity contribution in [3.63, 3.8) is 0 Å². The molecule has 10 heteroatoms. The number of carbonyl (C=O) groups excluding carboxylic acids is 2. The Hall–Kier alpha value is -3.79. The van der Waals surface area contributed by atoms with E-state index in [0.717, 1.165) is 79.2 Å². The van der Waals surface area contributed by atoms with Gasteiger partial charge >= 0.3 is 0 Å². The van der Waals surface area contributed by atoms with E-state index in [4.69, 9.17) is 9.72 Å². The van der Waals surface area contributed by atoms with Gasteiger partial charge in [-0.2, -0.15) is 0 Å². The quantitative estimate of drug-likeness (QED) is 0.410. The molecule has 5 heterocycles. The number of fused-ring (bicyclic) bond motifs is 1. The van der Waals surface area contributed by atoms with E-state index in [-0.39, 0.29) is 13.2 Å². The smallest absolute Gasteiger partial charge is 0.269 e. The summed E-state index contributed by atoms with van der Waals surface area (Å²) >= 11 is 0. The number of amides is 2. The molecule has 0 atom stereocenters. The maximum atomic E-state index is 12.2. The SMILES string of the molecule is CNC(=O)c1ccc(-c2cc3c(cn2)N(C(=N)C2=C(NC4CCOCC4)CCN(C(C)=O)C2)CCC3)cn1.[HH]. The Labute approximate surface area is 224 Å². The van der Waals surface area contributed by atoms with E-state index in [1.165, 1.54) is 0 Å². The third kappa shape index (κ3) is 5.40. The van der Waals surface area contributed by atoms with Crippen LogP contribution in [0, 0.1) is 5.41 Å². The van der Waals surface area contributed by atoms with Crippen LogP contribution >= 0.6 is 0 Å². The van der Waals surface area contributed by atoms with E-state index in [0.29, 0.717) is 37.1 Å². The molecule has 3 aliphatic heterocycles. The minimum atomic E-state index is -0.227. The highest BCUT2D eigenvalue weighted by Gasteiger charge is 2.30. The first-order chi connectivity index (χ1) is 18.4. The van der Waals surface area contributed by atoms with Crippen LogP contribution in [-0.4, -0.2) is 78.5 Å².